The molecule has 1 rings (SSSR count). The van der Waals surface area contributed by atoms with Crippen molar-refractivity contribution in [2.75, 3.05) is 13.7 Å². The fourth-order valence-electron chi connectivity index (χ4n) is 2.67. The molecule has 0 aliphatic carbocycles. The molecule has 0 bridgehead atoms. The molecule has 0 aromatic carbocycles. The van der Waals surface area contributed by atoms with E-state index >= 15 is 0 Å². The average molecular weight is 323 g/mol. The smallest absolute Gasteiger partial charge is 0.257 e. The lowest BCUT2D eigenvalue weighted by Crippen LogP contribution is -2.45. The molecule has 0 aromatic rings. The second-order valence-corrected chi connectivity index (χ2v) is 5.93. The summed E-state index contributed by atoms with van der Waals surface area (Å²) in [6.07, 6.45) is 7.31. The number of allylic oxidation sites excluding steroid dienone is 5. The second kappa shape index (κ2) is 9.65. The van der Waals surface area contributed by atoms with Crippen molar-refractivity contribution in [3.8, 4) is 0 Å². The number of carbonyl (C=O) groups is 1. The Morgan fingerprint density at radius 2 is 2.13 bits per heavy atom. The maximum atomic E-state index is 12.3. The van der Waals surface area contributed by atoms with E-state index < -0.39 is 24.3 Å². The summed E-state index contributed by atoms with van der Waals surface area (Å²) in [6, 6.07) is 0. The van der Waals surface area contributed by atoms with Gasteiger partial charge in [-0.2, -0.15) is 0 Å². The first-order valence-corrected chi connectivity index (χ1v) is 8.10. The summed E-state index contributed by atoms with van der Waals surface area (Å²) in [5.74, 6) is -0.432. The third kappa shape index (κ3) is 5.94. The third-order valence-corrected chi connectivity index (χ3v) is 3.87. The van der Waals surface area contributed by atoms with Crippen molar-refractivity contribution < 1.29 is 19.7 Å². The number of likely N-dealkylation sites (tertiary alicyclic amines) is 1. The van der Waals surface area contributed by atoms with Gasteiger partial charge in [0.2, 0.25) is 0 Å². The molecule has 1 amide bonds. The number of amides is 1. The molecular formula is C18H29NO4. The molecule has 5 heteroatoms. The average Bonchev–Trinajstić information content (AvgIpc) is 2.87. The number of aliphatic hydroxyl groups is 2. The molecule has 130 valence electrons. The Morgan fingerprint density at radius 3 is 2.74 bits per heavy atom. The van der Waals surface area contributed by atoms with Crippen LogP contribution in [0.25, 0.3) is 0 Å². The van der Waals surface area contributed by atoms with Gasteiger partial charge in [-0.1, -0.05) is 36.3 Å². The number of rotatable bonds is 7. The Morgan fingerprint density at radius 1 is 1.43 bits per heavy atom. The monoisotopic (exact) mass is 323 g/mol. The fraction of sp³-hybridized carbons (Fsp3) is 0.611. The molecule has 1 aliphatic rings. The quantitative estimate of drug-likeness (QED) is 0.556. The predicted octanol–water partition coefficient (Wildman–Crippen LogP) is 2.16. The van der Waals surface area contributed by atoms with Crippen LogP contribution in [-0.2, 0) is 9.53 Å². The van der Waals surface area contributed by atoms with E-state index in [1.54, 1.807) is 6.08 Å². The minimum absolute atomic E-state index is 0.392. The van der Waals surface area contributed by atoms with E-state index in [0.717, 1.165) is 12.0 Å². The van der Waals surface area contributed by atoms with Crippen molar-refractivity contribution in [2.45, 2.75) is 58.5 Å². The van der Waals surface area contributed by atoms with Gasteiger partial charge in [0.15, 0.2) is 12.3 Å². The minimum Gasteiger partial charge on any atom is -0.388 e. The Bertz CT molecular complexity index is 481. The molecule has 1 aliphatic heterocycles. The number of carbonyl (C=O) groups excluding carboxylic acids is 1. The van der Waals surface area contributed by atoms with Crippen molar-refractivity contribution in [2.24, 2.45) is 0 Å². The van der Waals surface area contributed by atoms with Gasteiger partial charge >= 0.3 is 0 Å². The molecule has 1 fully saturated rings. The maximum absolute atomic E-state index is 12.3. The van der Waals surface area contributed by atoms with Crippen LogP contribution in [0.5, 0.6) is 0 Å². The Hall–Kier alpha value is -1.43. The number of methoxy groups -OCH3 is 1. The van der Waals surface area contributed by atoms with Crippen LogP contribution in [-0.4, -0.2) is 53.1 Å². The van der Waals surface area contributed by atoms with Crippen LogP contribution >= 0.6 is 0 Å². The topological polar surface area (TPSA) is 70.0 Å². The summed E-state index contributed by atoms with van der Waals surface area (Å²) in [7, 11) is 1.45. The largest absolute Gasteiger partial charge is 0.388 e. The zero-order valence-corrected chi connectivity index (χ0v) is 14.5. The summed E-state index contributed by atoms with van der Waals surface area (Å²) in [5, 5.41) is 19.9. The van der Waals surface area contributed by atoms with Crippen LogP contribution in [0.4, 0.5) is 0 Å². The molecule has 0 radical (unpaired) electrons. The normalized spacial score (nSPS) is 24.5. The lowest BCUT2D eigenvalue weighted by molar-refractivity contribution is -0.151. The molecule has 5 nitrogen and oxygen atoms in total. The first-order chi connectivity index (χ1) is 10.9. The molecule has 23 heavy (non-hydrogen) atoms. The van der Waals surface area contributed by atoms with Gasteiger partial charge in [-0.15, -0.1) is 0 Å². The van der Waals surface area contributed by atoms with Gasteiger partial charge in [0.1, 0.15) is 6.10 Å². The number of ether oxygens (including phenoxy) is 1. The lowest BCUT2D eigenvalue weighted by atomic mass is 10.1. The highest BCUT2D eigenvalue weighted by Crippen LogP contribution is 2.20. The standard InChI is InChI=1S/C18H29NO4/c1-5-7-13(2)8-6-9-14(3)12-16(21)17(22)19-11-10-15(20)18(19)23-4/h6-8,12,15-16,18,20-21H,5,9-11H2,1-4H3/b8-6+,13-7+,14-12+/t15-,16+,18+/m1/s1. The van der Waals surface area contributed by atoms with Crippen LogP contribution in [0.2, 0.25) is 0 Å². The van der Waals surface area contributed by atoms with E-state index in [0.29, 0.717) is 19.4 Å². The number of hydrogen-bond donors (Lipinski definition) is 2. The maximum Gasteiger partial charge on any atom is 0.257 e. The van der Waals surface area contributed by atoms with Gasteiger partial charge in [-0.05, 0) is 39.2 Å². The van der Waals surface area contributed by atoms with E-state index in [9.17, 15) is 15.0 Å². The summed E-state index contributed by atoms with van der Waals surface area (Å²) >= 11 is 0. The van der Waals surface area contributed by atoms with Gasteiger partial charge in [0, 0.05) is 13.7 Å². The Kier molecular flexibility index (Phi) is 8.23. The fourth-order valence-corrected chi connectivity index (χ4v) is 2.67. The molecule has 2 N–H and O–H groups in total. The molecule has 1 heterocycles. The molecule has 0 aromatic heterocycles. The van der Waals surface area contributed by atoms with Crippen molar-refractivity contribution >= 4 is 5.91 Å². The highest BCUT2D eigenvalue weighted by atomic mass is 16.5. The van der Waals surface area contributed by atoms with Crippen molar-refractivity contribution in [3.05, 3.63) is 35.5 Å². The first kappa shape index (κ1) is 19.6. The summed E-state index contributed by atoms with van der Waals surface area (Å²) in [5.41, 5.74) is 2.12. The zero-order valence-electron chi connectivity index (χ0n) is 14.5. The van der Waals surface area contributed by atoms with Crippen molar-refractivity contribution in [1.82, 2.24) is 4.90 Å². The SMILES string of the molecule is CC/C=C(C)/C=C/C/C(C)=C/[C@H](O)C(=O)N1CC[C@@H](O)[C@@H]1OC. The van der Waals surface area contributed by atoms with Gasteiger partial charge in [0.25, 0.3) is 5.91 Å². The highest BCUT2D eigenvalue weighted by Gasteiger charge is 2.37. The van der Waals surface area contributed by atoms with Crippen molar-refractivity contribution in [1.29, 1.82) is 0 Å². The van der Waals surface area contributed by atoms with Crippen LogP contribution in [0.1, 0.15) is 40.0 Å². The molecule has 0 saturated carbocycles. The second-order valence-electron chi connectivity index (χ2n) is 5.93. The first-order valence-electron chi connectivity index (χ1n) is 8.10. The van der Waals surface area contributed by atoms with Gasteiger partial charge in [-0.25, -0.2) is 0 Å². The lowest BCUT2D eigenvalue weighted by Gasteiger charge is -2.26. The summed E-state index contributed by atoms with van der Waals surface area (Å²) in [4.78, 5) is 13.7. The van der Waals surface area contributed by atoms with E-state index in [1.165, 1.54) is 17.6 Å². The molecule has 0 spiro atoms. The Balaban J connectivity index is 2.61. The van der Waals surface area contributed by atoms with Gasteiger partial charge < -0.3 is 19.8 Å². The number of nitrogens with zero attached hydrogens (tertiary/aromatic N) is 1. The molecule has 3 atom stereocenters. The third-order valence-electron chi connectivity index (χ3n) is 3.87. The molecular weight excluding hydrogens is 294 g/mol. The number of hydrogen-bond acceptors (Lipinski definition) is 4. The van der Waals surface area contributed by atoms with Crippen molar-refractivity contribution in [3.63, 3.8) is 0 Å². The molecule has 1 saturated heterocycles. The van der Waals surface area contributed by atoms with E-state index in [2.05, 4.69) is 13.0 Å². The summed E-state index contributed by atoms with van der Waals surface area (Å²) in [6.45, 7) is 6.41. The summed E-state index contributed by atoms with van der Waals surface area (Å²) < 4.78 is 5.13. The van der Waals surface area contributed by atoms with Crippen LogP contribution in [0.15, 0.2) is 35.5 Å². The van der Waals surface area contributed by atoms with E-state index in [4.69, 9.17) is 4.74 Å². The Labute approximate surface area is 138 Å². The van der Waals surface area contributed by atoms with Crippen LogP contribution in [0.3, 0.4) is 0 Å². The van der Waals surface area contributed by atoms with Crippen LogP contribution in [0, 0.1) is 0 Å². The zero-order chi connectivity index (χ0) is 17.4. The van der Waals surface area contributed by atoms with Gasteiger partial charge in [-0.3, -0.25) is 4.79 Å². The predicted molar refractivity (Wildman–Crippen MR) is 90.7 cm³/mol. The number of aliphatic hydroxyl groups excluding tert-OH is 2. The van der Waals surface area contributed by atoms with E-state index in [1.807, 2.05) is 26.0 Å². The van der Waals surface area contributed by atoms with Gasteiger partial charge in [0.05, 0.1) is 0 Å². The molecule has 0 unspecified atom stereocenters. The minimum atomic E-state index is -1.21. The van der Waals surface area contributed by atoms with E-state index in [-0.39, 0.29) is 0 Å². The highest BCUT2D eigenvalue weighted by molar-refractivity contribution is 5.83. The van der Waals surface area contributed by atoms with Crippen LogP contribution < -0.4 is 0 Å².